The second kappa shape index (κ2) is 7.55. The summed E-state index contributed by atoms with van der Waals surface area (Å²) in [4.78, 5) is 32.0. The molecule has 32 heavy (non-hydrogen) atoms. The summed E-state index contributed by atoms with van der Waals surface area (Å²) in [5, 5.41) is 10.9. The van der Waals surface area contributed by atoms with E-state index in [4.69, 9.17) is 11.2 Å². The van der Waals surface area contributed by atoms with Crippen LogP contribution in [0, 0.1) is 24.0 Å². The predicted octanol–water partition coefficient (Wildman–Crippen LogP) is 2.36. The minimum Gasteiger partial charge on any atom is -0.503 e. The molecule has 7 nitrogen and oxygen atoms in total. The molecule has 1 saturated heterocycles. The average molecular weight is 455 g/mol. The van der Waals surface area contributed by atoms with Gasteiger partial charge in [-0.2, -0.15) is 0 Å². The number of aromatic hydroxyl groups is 1. The number of fused-ring (bicyclic) bond motifs is 2. The van der Waals surface area contributed by atoms with Crippen LogP contribution in [0.5, 0.6) is 5.75 Å². The lowest BCUT2D eigenvalue weighted by molar-refractivity contribution is 0.00725. The Morgan fingerprint density at radius 1 is 1.34 bits per heavy atom. The number of rotatable bonds is 3. The molecule has 1 unspecified atom stereocenters. The smallest absolute Gasteiger partial charge is 0.277 e. The van der Waals surface area contributed by atoms with Crippen molar-refractivity contribution < 1.29 is 23.4 Å². The fraction of sp³-hybridized carbons (Fsp3) is 0.227. The maximum atomic E-state index is 14.0. The number of hydrogen-bond donors (Lipinski definition) is 1. The molecule has 1 N–H and O–H groups in total. The number of pyridine rings is 1. The number of benzene rings is 1. The summed E-state index contributed by atoms with van der Waals surface area (Å²) in [7, 11) is 0. The molecule has 0 aliphatic carbocycles. The van der Waals surface area contributed by atoms with E-state index in [1.807, 2.05) is 0 Å². The summed E-state index contributed by atoms with van der Waals surface area (Å²) in [6, 6.07) is 2.77. The van der Waals surface area contributed by atoms with E-state index in [0.717, 1.165) is 17.4 Å². The van der Waals surface area contributed by atoms with Gasteiger partial charge in [0.05, 0.1) is 18.7 Å². The van der Waals surface area contributed by atoms with Gasteiger partial charge in [0, 0.05) is 29.8 Å². The average Bonchev–Trinajstić information content (AvgIpc) is 3.39. The lowest BCUT2D eigenvalue weighted by Gasteiger charge is -2.33. The van der Waals surface area contributed by atoms with Crippen molar-refractivity contribution in [2.75, 3.05) is 6.61 Å². The van der Waals surface area contributed by atoms with Crippen molar-refractivity contribution in [1.82, 2.24) is 14.5 Å². The highest BCUT2D eigenvalue weighted by Gasteiger charge is 2.43. The number of amides is 1. The highest BCUT2D eigenvalue weighted by Crippen LogP contribution is 2.32. The number of halogens is 2. The zero-order valence-electron chi connectivity index (χ0n) is 16.4. The second-order valence-corrected chi connectivity index (χ2v) is 8.56. The van der Waals surface area contributed by atoms with E-state index in [2.05, 4.69) is 10.9 Å². The lowest BCUT2D eigenvalue weighted by atomic mass is 10.1. The Hall–Kier alpha value is -3.55. The molecule has 4 heterocycles. The Bertz CT molecular complexity index is 1360. The van der Waals surface area contributed by atoms with E-state index >= 15 is 0 Å². The molecule has 10 heteroatoms. The molecule has 162 valence electrons. The number of aromatic nitrogens is 2. The number of terminal acetylenes is 1. The number of nitrogens with zero attached hydrogens (tertiary/aromatic N) is 3. The standard InChI is InChI=1S/C22H15F2N3O4S/c1-2-13-10-31-17-9-26-8-15(19(28)20(29)18(26)22(30)27(13)17)21-25-7-14(32-21)5-11-3-4-12(23)6-16(11)24/h1,3-4,6-8,13,17,29H,5,9-10H2/t13-,17?/m1/s1. The topological polar surface area (TPSA) is 84.7 Å². The molecule has 0 radical (unpaired) electrons. The van der Waals surface area contributed by atoms with Crippen LogP contribution in [0.15, 0.2) is 35.4 Å². The molecule has 3 aromatic rings. The first-order valence-electron chi connectivity index (χ1n) is 9.63. The Labute approximate surface area is 184 Å². The van der Waals surface area contributed by atoms with Crippen molar-refractivity contribution >= 4 is 17.2 Å². The summed E-state index contributed by atoms with van der Waals surface area (Å²) in [6.07, 6.45) is 7.98. The van der Waals surface area contributed by atoms with Crippen LogP contribution >= 0.6 is 11.3 Å². The van der Waals surface area contributed by atoms with Crippen molar-refractivity contribution in [3.63, 3.8) is 0 Å². The number of hydrogen-bond acceptors (Lipinski definition) is 6. The summed E-state index contributed by atoms with van der Waals surface area (Å²) < 4.78 is 34.2. The van der Waals surface area contributed by atoms with Gasteiger partial charge in [0.1, 0.15) is 22.7 Å². The van der Waals surface area contributed by atoms with Crippen LogP contribution in [0.1, 0.15) is 20.9 Å². The van der Waals surface area contributed by atoms with Gasteiger partial charge in [-0.15, -0.1) is 17.8 Å². The van der Waals surface area contributed by atoms with E-state index in [1.54, 1.807) is 0 Å². The van der Waals surface area contributed by atoms with Crippen LogP contribution in [0.2, 0.25) is 0 Å². The molecule has 0 bridgehead atoms. The number of ether oxygens (including phenoxy) is 1. The molecule has 2 aromatic heterocycles. The third kappa shape index (κ3) is 3.18. The summed E-state index contributed by atoms with van der Waals surface area (Å²) in [5.74, 6) is -0.114. The molecule has 1 amide bonds. The monoisotopic (exact) mass is 455 g/mol. The molecule has 2 atom stereocenters. The highest BCUT2D eigenvalue weighted by molar-refractivity contribution is 7.15. The quantitative estimate of drug-likeness (QED) is 0.613. The Balaban J connectivity index is 1.50. The van der Waals surface area contributed by atoms with Crippen molar-refractivity contribution in [2.45, 2.75) is 25.2 Å². The molecular formula is C22H15F2N3O4S. The Kier molecular flexibility index (Phi) is 4.80. The van der Waals surface area contributed by atoms with Gasteiger partial charge in [-0.3, -0.25) is 14.5 Å². The fourth-order valence-corrected chi connectivity index (χ4v) is 4.87. The maximum absolute atomic E-state index is 14.0. The minimum absolute atomic E-state index is 0.106. The van der Waals surface area contributed by atoms with E-state index in [0.29, 0.717) is 15.4 Å². The molecule has 0 saturated carbocycles. The van der Waals surface area contributed by atoms with Crippen molar-refractivity contribution in [3.05, 3.63) is 68.6 Å². The first kappa shape index (κ1) is 20.4. The third-order valence-electron chi connectivity index (χ3n) is 5.49. The van der Waals surface area contributed by atoms with Crippen LogP contribution in [-0.2, 0) is 17.7 Å². The van der Waals surface area contributed by atoms with Crippen molar-refractivity contribution in [3.8, 4) is 28.7 Å². The number of carbonyl (C=O) groups excluding carboxylic acids is 1. The van der Waals surface area contributed by atoms with Gasteiger partial charge < -0.3 is 14.4 Å². The SMILES string of the molecule is C#C[C@@H]1COC2Cn3cc(-c4ncc(Cc5ccc(F)cc5F)s4)c(=O)c(O)c3C(=O)N21. The van der Waals surface area contributed by atoms with Crippen molar-refractivity contribution in [1.29, 1.82) is 0 Å². The first-order valence-corrected chi connectivity index (χ1v) is 10.4. The third-order valence-corrected chi connectivity index (χ3v) is 6.53. The normalized spacial score (nSPS) is 19.5. The number of carbonyl (C=O) groups is 1. The van der Waals surface area contributed by atoms with Crippen LogP contribution < -0.4 is 5.43 Å². The van der Waals surface area contributed by atoms with Crippen LogP contribution in [0.4, 0.5) is 8.78 Å². The first-order chi connectivity index (χ1) is 15.4. The van der Waals surface area contributed by atoms with E-state index in [-0.39, 0.29) is 30.8 Å². The molecular weight excluding hydrogens is 440 g/mol. The number of thiazole rings is 1. The second-order valence-electron chi connectivity index (χ2n) is 7.45. The molecule has 2 aliphatic rings. The lowest BCUT2D eigenvalue weighted by Crippen LogP contribution is -2.49. The van der Waals surface area contributed by atoms with Crippen LogP contribution in [-0.4, -0.2) is 44.3 Å². The fourth-order valence-electron chi connectivity index (χ4n) is 3.93. The van der Waals surface area contributed by atoms with E-state index < -0.39 is 41.0 Å². The van der Waals surface area contributed by atoms with Gasteiger partial charge in [0.2, 0.25) is 5.43 Å². The van der Waals surface area contributed by atoms with Gasteiger partial charge in [-0.1, -0.05) is 12.0 Å². The summed E-state index contributed by atoms with van der Waals surface area (Å²) in [6.45, 7) is 0.369. The van der Waals surface area contributed by atoms with E-state index in [9.17, 15) is 23.5 Å². The van der Waals surface area contributed by atoms with Gasteiger partial charge in [0.25, 0.3) is 5.91 Å². The van der Waals surface area contributed by atoms with Gasteiger partial charge in [-0.05, 0) is 11.6 Å². The molecule has 2 aliphatic heterocycles. The molecule has 0 spiro atoms. The largest absolute Gasteiger partial charge is 0.503 e. The zero-order chi connectivity index (χ0) is 22.6. The van der Waals surface area contributed by atoms with Crippen LogP contribution in [0.25, 0.3) is 10.6 Å². The van der Waals surface area contributed by atoms with Gasteiger partial charge in [-0.25, -0.2) is 13.8 Å². The van der Waals surface area contributed by atoms with Crippen LogP contribution in [0.3, 0.4) is 0 Å². The Morgan fingerprint density at radius 2 is 2.16 bits per heavy atom. The molecule has 5 rings (SSSR count). The predicted molar refractivity (Wildman–Crippen MR) is 111 cm³/mol. The van der Waals surface area contributed by atoms with Gasteiger partial charge in [0.15, 0.2) is 17.7 Å². The van der Waals surface area contributed by atoms with Gasteiger partial charge >= 0.3 is 0 Å². The maximum Gasteiger partial charge on any atom is 0.277 e. The molecule has 1 fully saturated rings. The highest BCUT2D eigenvalue weighted by atomic mass is 32.1. The van der Waals surface area contributed by atoms with E-state index in [1.165, 1.54) is 34.0 Å². The van der Waals surface area contributed by atoms with Crippen molar-refractivity contribution in [2.24, 2.45) is 0 Å². The molecule has 1 aromatic carbocycles. The zero-order valence-corrected chi connectivity index (χ0v) is 17.2. The Morgan fingerprint density at radius 3 is 2.91 bits per heavy atom. The minimum atomic E-state index is -0.741. The summed E-state index contributed by atoms with van der Waals surface area (Å²) >= 11 is 1.14. The summed E-state index contributed by atoms with van der Waals surface area (Å²) in [5.41, 5.74) is -0.492.